The van der Waals surface area contributed by atoms with E-state index >= 15 is 0 Å². The summed E-state index contributed by atoms with van der Waals surface area (Å²) in [5.41, 5.74) is 1.22. The normalized spacial score (nSPS) is 31.7. The molecule has 0 aliphatic heterocycles. The van der Waals surface area contributed by atoms with Gasteiger partial charge in [-0.3, -0.25) is 0 Å². The maximum Gasteiger partial charge on any atom is 0.235 e. The maximum atomic E-state index is 10.0. The Morgan fingerprint density at radius 3 is 2.73 bits per heavy atom. The van der Waals surface area contributed by atoms with Gasteiger partial charge in [0.05, 0.1) is 13.1 Å². The first-order valence-electron chi connectivity index (χ1n) is 5.13. The van der Waals surface area contributed by atoms with E-state index in [2.05, 4.69) is 16.1 Å². The zero-order chi connectivity index (χ0) is 10.7. The van der Waals surface area contributed by atoms with E-state index in [4.69, 9.17) is 0 Å². The molecule has 0 amide bonds. The molecule has 1 saturated carbocycles. The summed E-state index contributed by atoms with van der Waals surface area (Å²) in [4.78, 5) is 27.3. The highest BCUT2D eigenvalue weighted by molar-refractivity contribution is 5.35. The number of aliphatic imine (C=N–C) groups is 2. The second-order valence-corrected chi connectivity index (χ2v) is 4.18. The molecule has 0 spiro atoms. The van der Waals surface area contributed by atoms with Crippen LogP contribution in [0.3, 0.4) is 0 Å². The van der Waals surface area contributed by atoms with Gasteiger partial charge in [-0.05, 0) is 36.2 Å². The van der Waals surface area contributed by atoms with Gasteiger partial charge in [0.2, 0.25) is 12.2 Å². The third-order valence-corrected chi connectivity index (χ3v) is 3.37. The average Bonchev–Trinajstić information content (AvgIpc) is 2.82. The zero-order valence-electron chi connectivity index (χ0n) is 8.35. The van der Waals surface area contributed by atoms with Gasteiger partial charge in [0.25, 0.3) is 0 Å². The Morgan fingerprint density at radius 2 is 2.07 bits per heavy atom. The van der Waals surface area contributed by atoms with Crippen molar-refractivity contribution in [2.45, 2.75) is 12.8 Å². The first-order chi connectivity index (χ1) is 7.35. The molecule has 0 aromatic rings. The van der Waals surface area contributed by atoms with Crippen LogP contribution in [0, 0.1) is 17.8 Å². The van der Waals surface area contributed by atoms with Crippen LogP contribution in [0.2, 0.25) is 0 Å². The van der Waals surface area contributed by atoms with Crippen molar-refractivity contribution in [3.63, 3.8) is 0 Å². The van der Waals surface area contributed by atoms with Gasteiger partial charge in [0.15, 0.2) is 0 Å². The van der Waals surface area contributed by atoms with Crippen LogP contribution in [0.25, 0.3) is 0 Å². The van der Waals surface area contributed by atoms with Crippen LogP contribution in [0.15, 0.2) is 21.6 Å². The van der Waals surface area contributed by atoms with E-state index in [1.54, 1.807) is 12.2 Å². The summed E-state index contributed by atoms with van der Waals surface area (Å²) in [6, 6.07) is 0. The molecule has 2 aliphatic rings. The topological polar surface area (TPSA) is 58.9 Å². The van der Waals surface area contributed by atoms with Crippen molar-refractivity contribution in [3.05, 3.63) is 11.6 Å². The fraction of sp³-hybridized carbons (Fsp3) is 0.636. The van der Waals surface area contributed by atoms with Gasteiger partial charge < -0.3 is 0 Å². The van der Waals surface area contributed by atoms with Crippen LogP contribution in [0.4, 0.5) is 0 Å². The highest BCUT2D eigenvalue weighted by Gasteiger charge is 2.40. The molecule has 0 heterocycles. The van der Waals surface area contributed by atoms with Crippen LogP contribution in [-0.2, 0) is 9.59 Å². The van der Waals surface area contributed by atoms with Gasteiger partial charge >= 0.3 is 0 Å². The minimum atomic E-state index is 0.443. The molecule has 4 heteroatoms. The lowest BCUT2D eigenvalue weighted by Crippen LogP contribution is -2.16. The number of fused-ring (bicyclic) bond motifs is 2. The number of allylic oxidation sites excluding steroid dienone is 1. The average molecular weight is 204 g/mol. The molecule has 2 aliphatic carbocycles. The van der Waals surface area contributed by atoms with Crippen molar-refractivity contribution in [3.8, 4) is 0 Å². The predicted octanol–water partition coefficient (Wildman–Crippen LogP) is 1.24. The summed E-state index contributed by atoms with van der Waals surface area (Å²) in [7, 11) is 0. The monoisotopic (exact) mass is 204 g/mol. The summed E-state index contributed by atoms with van der Waals surface area (Å²) in [6.07, 6.45) is 7.59. The first-order valence-corrected chi connectivity index (χ1v) is 5.13. The number of hydrogen-bond acceptors (Lipinski definition) is 4. The Morgan fingerprint density at radius 1 is 1.27 bits per heavy atom. The number of carbonyl (C=O) groups excluding carboxylic acids is 2. The number of nitrogens with zero attached hydrogens (tertiary/aromatic N) is 2. The van der Waals surface area contributed by atoms with Crippen molar-refractivity contribution in [2.24, 2.45) is 27.7 Å². The van der Waals surface area contributed by atoms with Crippen molar-refractivity contribution in [1.29, 1.82) is 0 Å². The second kappa shape index (κ2) is 4.35. The SMILES string of the molecule is O=C=NCC1=CC2CC(CN=C=O)C1C2. The van der Waals surface area contributed by atoms with E-state index in [9.17, 15) is 9.59 Å². The smallest absolute Gasteiger partial charge is 0.211 e. The van der Waals surface area contributed by atoms with E-state index in [0.717, 1.165) is 12.8 Å². The first kappa shape index (κ1) is 10.0. The lowest BCUT2D eigenvalue weighted by Gasteiger charge is -2.20. The fourth-order valence-electron chi connectivity index (χ4n) is 2.83. The third kappa shape index (κ3) is 1.96. The number of hydrogen-bond donors (Lipinski definition) is 0. The molecule has 1 fully saturated rings. The molecule has 15 heavy (non-hydrogen) atoms. The summed E-state index contributed by atoms with van der Waals surface area (Å²) in [6.45, 7) is 1.03. The minimum absolute atomic E-state index is 0.443. The van der Waals surface area contributed by atoms with Gasteiger partial charge in [-0.2, -0.15) is 0 Å². The molecule has 3 atom stereocenters. The van der Waals surface area contributed by atoms with Crippen LogP contribution in [0.1, 0.15) is 12.8 Å². The van der Waals surface area contributed by atoms with Gasteiger partial charge in [0.1, 0.15) is 0 Å². The predicted molar refractivity (Wildman–Crippen MR) is 53.8 cm³/mol. The van der Waals surface area contributed by atoms with Crippen molar-refractivity contribution in [1.82, 2.24) is 0 Å². The summed E-state index contributed by atoms with van der Waals surface area (Å²) >= 11 is 0. The number of rotatable bonds is 4. The molecule has 2 bridgehead atoms. The molecule has 0 radical (unpaired) electrons. The molecule has 0 aromatic carbocycles. The van der Waals surface area contributed by atoms with Gasteiger partial charge in [-0.1, -0.05) is 6.08 Å². The number of isocyanates is 2. The second-order valence-electron chi connectivity index (χ2n) is 4.18. The van der Waals surface area contributed by atoms with E-state index in [1.807, 2.05) is 0 Å². The van der Waals surface area contributed by atoms with Crippen molar-refractivity contribution < 1.29 is 9.59 Å². The lowest BCUT2D eigenvalue weighted by molar-refractivity contribution is 0.435. The molecule has 78 valence electrons. The standard InChI is InChI=1S/C11H12N2O2/c14-6-12-4-9-1-8-2-10(5-13-7-15)11(9)3-8/h1,8,10-11H,2-5H2. The zero-order valence-corrected chi connectivity index (χ0v) is 8.35. The lowest BCUT2D eigenvalue weighted by atomic mass is 9.87. The molecule has 2 rings (SSSR count). The summed E-state index contributed by atoms with van der Waals surface area (Å²) in [5.74, 6) is 1.50. The van der Waals surface area contributed by atoms with Crippen LogP contribution in [-0.4, -0.2) is 25.2 Å². The molecular formula is C11H12N2O2. The molecule has 4 nitrogen and oxygen atoms in total. The summed E-state index contributed by atoms with van der Waals surface area (Å²) in [5, 5.41) is 0. The van der Waals surface area contributed by atoms with E-state index in [0.29, 0.717) is 30.8 Å². The quantitative estimate of drug-likeness (QED) is 0.393. The summed E-state index contributed by atoms with van der Waals surface area (Å²) < 4.78 is 0. The highest BCUT2D eigenvalue weighted by atomic mass is 16.1. The maximum absolute atomic E-state index is 10.0. The van der Waals surface area contributed by atoms with Gasteiger partial charge in [-0.25, -0.2) is 19.6 Å². The van der Waals surface area contributed by atoms with Gasteiger partial charge in [-0.15, -0.1) is 0 Å². The Labute approximate surface area is 87.8 Å². The van der Waals surface area contributed by atoms with Crippen LogP contribution >= 0.6 is 0 Å². The largest absolute Gasteiger partial charge is 0.235 e. The molecule has 0 N–H and O–H groups in total. The van der Waals surface area contributed by atoms with Crippen LogP contribution < -0.4 is 0 Å². The highest BCUT2D eigenvalue weighted by Crippen LogP contribution is 2.47. The van der Waals surface area contributed by atoms with E-state index in [-0.39, 0.29) is 0 Å². The Bertz CT molecular complexity index is 376. The third-order valence-electron chi connectivity index (χ3n) is 3.37. The molecular weight excluding hydrogens is 192 g/mol. The Balaban J connectivity index is 2.02. The molecule has 3 unspecified atom stereocenters. The molecule has 0 saturated heterocycles. The Hall–Kier alpha value is -1.50. The van der Waals surface area contributed by atoms with Crippen molar-refractivity contribution in [2.75, 3.05) is 13.1 Å². The Kier molecular flexibility index (Phi) is 2.91. The minimum Gasteiger partial charge on any atom is -0.211 e. The fourth-order valence-corrected chi connectivity index (χ4v) is 2.83. The van der Waals surface area contributed by atoms with Crippen molar-refractivity contribution >= 4 is 12.2 Å². The van der Waals surface area contributed by atoms with E-state index in [1.165, 1.54) is 5.57 Å². The van der Waals surface area contributed by atoms with E-state index < -0.39 is 0 Å². The van der Waals surface area contributed by atoms with Gasteiger partial charge in [0, 0.05) is 0 Å². The molecule has 0 aromatic heterocycles. The van der Waals surface area contributed by atoms with Crippen LogP contribution in [0.5, 0.6) is 0 Å².